The van der Waals surface area contributed by atoms with Crippen molar-refractivity contribution in [1.82, 2.24) is 9.97 Å². The molecule has 0 saturated carbocycles. The van der Waals surface area contributed by atoms with Gasteiger partial charge in [0, 0.05) is 22.4 Å². The van der Waals surface area contributed by atoms with Gasteiger partial charge in [-0.1, -0.05) is 49.9 Å². The van der Waals surface area contributed by atoms with Crippen LogP contribution in [0.5, 0.6) is 0 Å². The van der Waals surface area contributed by atoms with Gasteiger partial charge in [-0.2, -0.15) is 13.2 Å². The van der Waals surface area contributed by atoms with Crippen LogP contribution in [-0.4, -0.2) is 22.1 Å². The van der Waals surface area contributed by atoms with Crippen molar-refractivity contribution >= 4 is 40.5 Å². The third-order valence-electron chi connectivity index (χ3n) is 4.64. The fourth-order valence-corrected chi connectivity index (χ4v) is 3.10. The van der Waals surface area contributed by atoms with Crippen molar-refractivity contribution in [1.29, 1.82) is 0 Å². The van der Waals surface area contributed by atoms with Gasteiger partial charge in [0.05, 0.1) is 22.5 Å². The molecule has 0 aliphatic carbocycles. The Labute approximate surface area is 249 Å². The summed E-state index contributed by atoms with van der Waals surface area (Å²) in [4.78, 5) is 18.7. The van der Waals surface area contributed by atoms with E-state index < -0.39 is 23.7 Å². The second kappa shape index (κ2) is 16.0. The molecule has 0 bridgehead atoms. The van der Waals surface area contributed by atoms with Crippen LogP contribution >= 0.6 is 23.2 Å². The summed E-state index contributed by atoms with van der Waals surface area (Å²) < 4.78 is 63.7. The van der Waals surface area contributed by atoms with Crippen LogP contribution in [0, 0.1) is 35.3 Å². The van der Waals surface area contributed by atoms with Crippen LogP contribution in [0.2, 0.25) is 10.0 Å². The lowest BCUT2D eigenvalue weighted by Crippen LogP contribution is -2.30. The predicted octanol–water partition coefficient (Wildman–Crippen LogP) is 7.90. The Balaban J connectivity index is 0.000000416. The summed E-state index contributed by atoms with van der Waals surface area (Å²) in [7, 11) is 0. The van der Waals surface area contributed by atoms with E-state index in [1.807, 2.05) is 0 Å². The van der Waals surface area contributed by atoms with Gasteiger partial charge < -0.3 is 11.1 Å². The van der Waals surface area contributed by atoms with Crippen LogP contribution in [0.1, 0.15) is 37.4 Å². The molecule has 12 heteroatoms. The van der Waals surface area contributed by atoms with Crippen LogP contribution in [-0.2, 0) is 4.79 Å². The summed E-state index contributed by atoms with van der Waals surface area (Å²) in [6, 6.07) is 13.8. The van der Waals surface area contributed by atoms with Gasteiger partial charge in [-0.3, -0.25) is 4.79 Å². The lowest BCUT2D eigenvalue weighted by atomic mass is 10.2. The smallest absolute Gasteiger partial charge is 0.396 e. The minimum atomic E-state index is -5.04. The number of hydrogen-bond donors (Lipinski definition) is 2. The van der Waals surface area contributed by atoms with Crippen LogP contribution in [0.15, 0.2) is 73.1 Å². The van der Waals surface area contributed by atoms with Gasteiger partial charge in [0.25, 0.3) is 0 Å². The number of nitrogens with zero attached hydrogens (tertiary/aromatic N) is 2. The Morgan fingerprint density at radius 3 is 1.74 bits per heavy atom. The largest absolute Gasteiger partial charge is 0.471 e. The first-order valence-electron chi connectivity index (χ1n) is 10.9. The molecule has 0 aliphatic heterocycles. The van der Waals surface area contributed by atoms with E-state index in [2.05, 4.69) is 33.6 Å². The third kappa shape index (κ3) is 10.4. The lowest BCUT2D eigenvalue weighted by molar-refractivity contribution is -0.167. The van der Waals surface area contributed by atoms with Crippen LogP contribution in [0.25, 0.3) is 0 Å². The minimum absolute atomic E-state index is 0. The average molecular weight is 621 g/mol. The van der Waals surface area contributed by atoms with Gasteiger partial charge in [0.2, 0.25) is 0 Å². The molecule has 0 atom stereocenters. The number of hydrogen-bond acceptors (Lipinski definition) is 4. The van der Waals surface area contributed by atoms with E-state index in [9.17, 15) is 26.7 Å². The van der Waals surface area contributed by atoms with Crippen molar-refractivity contribution in [2.45, 2.75) is 21.0 Å². The number of rotatable bonds is 1. The standard InChI is InChI=1S/C15H7ClF4N2O.C13H8ClFN2.2CH4/c16-10-4-5-11(17)9(8-10)3-6-12-13(2-1-7-21-12)22-14(23)15(18,19)20;14-10-4-5-11(15)9(8-10)3-6-13-12(16)2-1-7-17-13;;/h1-2,4-5,7-8H,(H,22,23);1-2,4-5,7-8H,16H2;2*1H4. The number of alkyl halides is 3. The number of halogens is 7. The molecular weight excluding hydrogens is 598 g/mol. The zero-order valence-corrected chi connectivity index (χ0v) is 21.5. The fourth-order valence-electron chi connectivity index (χ4n) is 2.76. The van der Waals surface area contributed by atoms with E-state index in [4.69, 9.17) is 28.9 Å². The number of aromatic nitrogens is 2. The number of nitrogens with one attached hydrogen (secondary N) is 1. The second-order valence-electron chi connectivity index (χ2n) is 7.54. The van der Waals surface area contributed by atoms with E-state index in [0.717, 1.165) is 6.07 Å². The minimum Gasteiger partial charge on any atom is -0.396 e. The number of nitrogens with two attached hydrogens (primary N) is 1. The van der Waals surface area contributed by atoms with Crippen molar-refractivity contribution in [2.75, 3.05) is 11.1 Å². The Hall–Kier alpha value is -4.64. The number of anilines is 2. The first-order valence-corrected chi connectivity index (χ1v) is 11.7. The maximum Gasteiger partial charge on any atom is 0.471 e. The number of benzene rings is 2. The highest BCUT2D eigenvalue weighted by Crippen LogP contribution is 2.20. The van der Waals surface area contributed by atoms with Gasteiger partial charge in [-0.05, 0) is 72.5 Å². The predicted molar refractivity (Wildman–Crippen MR) is 156 cm³/mol. The molecule has 218 valence electrons. The van der Waals surface area contributed by atoms with E-state index in [-0.39, 0.29) is 42.4 Å². The molecule has 0 unspecified atom stereocenters. The third-order valence-corrected chi connectivity index (χ3v) is 5.11. The summed E-state index contributed by atoms with van der Waals surface area (Å²) in [6.45, 7) is 0. The molecule has 4 rings (SSSR count). The first-order chi connectivity index (χ1) is 18.9. The van der Waals surface area contributed by atoms with E-state index in [1.165, 1.54) is 48.7 Å². The molecule has 2 aromatic carbocycles. The molecule has 1 amide bonds. The quantitative estimate of drug-likeness (QED) is 0.167. The molecule has 0 spiro atoms. The Morgan fingerprint density at radius 2 is 1.24 bits per heavy atom. The van der Waals surface area contributed by atoms with Gasteiger partial charge in [-0.25, -0.2) is 18.7 Å². The SMILES string of the molecule is C.C.Nc1cccnc1C#Cc1cc(Cl)ccc1F.O=C(Nc1cccnc1C#Cc1cc(Cl)ccc1F)C(F)(F)F. The van der Waals surface area contributed by atoms with Gasteiger partial charge in [0.1, 0.15) is 23.0 Å². The molecule has 3 N–H and O–H groups in total. The highest BCUT2D eigenvalue weighted by atomic mass is 35.5. The number of carbonyl (C=O) groups is 1. The Kier molecular flexibility index (Phi) is 13.5. The summed E-state index contributed by atoms with van der Waals surface area (Å²) in [5.41, 5.74) is 6.36. The fraction of sp³-hybridized carbons (Fsp3) is 0.100. The molecule has 5 nitrogen and oxygen atoms in total. The Bertz CT molecular complexity index is 1670. The van der Waals surface area contributed by atoms with Crippen molar-refractivity contribution < 1.29 is 26.7 Å². The van der Waals surface area contributed by atoms with Crippen LogP contribution < -0.4 is 11.1 Å². The molecule has 2 heterocycles. The highest BCUT2D eigenvalue weighted by Gasteiger charge is 2.39. The van der Waals surface area contributed by atoms with E-state index in [0.29, 0.717) is 16.4 Å². The second-order valence-corrected chi connectivity index (χ2v) is 8.41. The van der Waals surface area contributed by atoms with Gasteiger partial charge in [-0.15, -0.1) is 0 Å². The summed E-state index contributed by atoms with van der Waals surface area (Å²) in [5.74, 6) is 6.99. The lowest BCUT2D eigenvalue weighted by Gasteiger charge is -2.08. The average Bonchev–Trinajstić information content (AvgIpc) is 2.91. The summed E-state index contributed by atoms with van der Waals surface area (Å²) in [6.07, 6.45) is -2.18. The van der Waals surface area contributed by atoms with Crippen molar-refractivity contribution in [2.24, 2.45) is 0 Å². The maximum atomic E-state index is 13.5. The molecular formula is C30H23Cl2F5N4O. The van der Waals surface area contributed by atoms with Crippen molar-refractivity contribution in [3.05, 3.63) is 117 Å². The van der Waals surface area contributed by atoms with Crippen molar-refractivity contribution in [3.8, 4) is 23.7 Å². The normalized spacial score (nSPS) is 9.69. The Morgan fingerprint density at radius 1 is 0.762 bits per heavy atom. The highest BCUT2D eigenvalue weighted by molar-refractivity contribution is 6.31. The van der Waals surface area contributed by atoms with E-state index >= 15 is 0 Å². The molecule has 0 aliphatic rings. The van der Waals surface area contributed by atoms with Gasteiger partial charge in [0.15, 0.2) is 0 Å². The molecule has 0 radical (unpaired) electrons. The molecule has 0 fully saturated rings. The topological polar surface area (TPSA) is 80.9 Å². The monoisotopic (exact) mass is 620 g/mol. The number of pyridine rings is 2. The molecule has 4 aromatic rings. The van der Waals surface area contributed by atoms with Crippen LogP contribution in [0.4, 0.5) is 33.3 Å². The maximum absolute atomic E-state index is 13.5. The molecule has 42 heavy (non-hydrogen) atoms. The summed E-state index contributed by atoms with van der Waals surface area (Å²) in [5, 5.41) is 2.35. The summed E-state index contributed by atoms with van der Waals surface area (Å²) >= 11 is 11.5. The number of amides is 1. The molecule has 0 saturated heterocycles. The van der Waals surface area contributed by atoms with Gasteiger partial charge >= 0.3 is 12.1 Å². The van der Waals surface area contributed by atoms with E-state index in [1.54, 1.807) is 23.6 Å². The zero-order chi connectivity index (χ0) is 29.3. The van der Waals surface area contributed by atoms with Crippen LogP contribution in [0.3, 0.4) is 0 Å². The zero-order valence-electron chi connectivity index (χ0n) is 20.0. The first kappa shape index (κ1) is 35.4. The van der Waals surface area contributed by atoms with Crippen molar-refractivity contribution in [3.63, 3.8) is 0 Å². The molecule has 2 aromatic heterocycles. The number of carbonyl (C=O) groups excluding carboxylic acids is 1. The number of nitrogen functional groups attached to an aromatic ring is 1.